The molecule has 1 saturated heterocycles. The molecule has 1 aliphatic carbocycles. The minimum Gasteiger partial charge on any atom is -0.379 e. The number of benzene rings is 1. The summed E-state index contributed by atoms with van der Waals surface area (Å²) in [5, 5.41) is 7.51. The summed E-state index contributed by atoms with van der Waals surface area (Å²) >= 11 is 0. The number of hydrogen-bond donors (Lipinski definition) is 2. The molecule has 2 aliphatic rings. The maximum Gasteiger partial charge on any atom is 0.0623 e. The van der Waals surface area contributed by atoms with E-state index in [1.165, 1.54) is 41.5 Å². The van der Waals surface area contributed by atoms with Crippen LogP contribution in [0.5, 0.6) is 0 Å². The highest BCUT2D eigenvalue weighted by atomic mass is 35.5. The molecule has 0 aromatic heterocycles. The zero-order chi connectivity index (χ0) is 16.2. The Morgan fingerprint density at radius 1 is 1.17 bits per heavy atom. The third-order valence-corrected chi connectivity index (χ3v) is 5.66. The van der Waals surface area contributed by atoms with Gasteiger partial charge in [-0.1, -0.05) is 24.1 Å². The number of morpholine rings is 1. The smallest absolute Gasteiger partial charge is 0.0623 e. The third-order valence-electron chi connectivity index (χ3n) is 5.66. The van der Waals surface area contributed by atoms with E-state index in [2.05, 4.69) is 43.5 Å². The van der Waals surface area contributed by atoms with Crippen molar-refractivity contribution < 1.29 is 4.74 Å². The number of ether oxygens (including phenoxy) is 1. The lowest BCUT2D eigenvalue weighted by Crippen LogP contribution is -2.51. The summed E-state index contributed by atoms with van der Waals surface area (Å²) in [5.74, 6) is 0.732. The van der Waals surface area contributed by atoms with Gasteiger partial charge in [-0.15, -0.1) is 12.4 Å². The van der Waals surface area contributed by atoms with E-state index in [4.69, 9.17) is 4.74 Å². The molecule has 1 saturated carbocycles. The molecular weight excluding hydrogens is 320 g/mol. The van der Waals surface area contributed by atoms with Gasteiger partial charge in [0.05, 0.1) is 13.2 Å². The Kier molecular flexibility index (Phi) is 7.55. The molecule has 2 N–H and O–H groups in total. The number of rotatable bonds is 5. The van der Waals surface area contributed by atoms with Crippen molar-refractivity contribution in [2.75, 3.05) is 26.3 Å². The van der Waals surface area contributed by atoms with Crippen LogP contribution >= 0.6 is 12.4 Å². The Labute approximate surface area is 153 Å². The van der Waals surface area contributed by atoms with Gasteiger partial charge in [-0.25, -0.2) is 0 Å². The van der Waals surface area contributed by atoms with Crippen molar-refractivity contribution in [2.24, 2.45) is 5.92 Å². The third kappa shape index (κ3) is 4.72. The Hall–Kier alpha value is -0.610. The van der Waals surface area contributed by atoms with E-state index in [0.717, 1.165) is 38.6 Å². The van der Waals surface area contributed by atoms with Gasteiger partial charge in [0.1, 0.15) is 0 Å². The first-order chi connectivity index (χ1) is 11.1. The quantitative estimate of drug-likeness (QED) is 0.852. The van der Waals surface area contributed by atoms with Gasteiger partial charge < -0.3 is 15.4 Å². The van der Waals surface area contributed by atoms with Gasteiger partial charge in [0.15, 0.2) is 0 Å². The fourth-order valence-corrected chi connectivity index (χ4v) is 4.57. The summed E-state index contributed by atoms with van der Waals surface area (Å²) in [6, 6.07) is 5.82. The van der Waals surface area contributed by atoms with E-state index in [9.17, 15) is 0 Å². The van der Waals surface area contributed by atoms with Crippen LogP contribution in [0.1, 0.15) is 41.5 Å². The van der Waals surface area contributed by atoms with E-state index in [0.29, 0.717) is 12.1 Å². The van der Waals surface area contributed by atoms with Crippen molar-refractivity contribution in [1.29, 1.82) is 0 Å². The summed E-state index contributed by atoms with van der Waals surface area (Å²) in [5.41, 5.74) is 5.77. The summed E-state index contributed by atoms with van der Waals surface area (Å²) in [4.78, 5) is 0. The van der Waals surface area contributed by atoms with Crippen LogP contribution in [-0.2, 0) is 11.2 Å². The molecule has 0 amide bonds. The minimum atomic E-state index is 0. The molecule has 136 valence electrons. The molecule has 3 rings (SSSR count). The molecule has 3 unspecified atom stereocenters. The van der Waals surface area contributed by atoms with Crippen molar-refractivity contribution in [3.63, 3.8) is 0 Å². The summed E-state index contributed by atoms with van der Waals surface area (Å²) in [7, 11) is 0. The lowest BCUT2D eigenvalue weighted by molar-refractivity contribution is 0.0526. The van der Waals surface area contributed by atoms with Crippen molar-refractivity contribution >= 4 is 12.4 Å². The SMILES string of the molecule is Cc1cc(C)c(CCNC2CCCC2C2COCCN2)c(C)c1.Cl. The van der Waals surface area contributed by atoms with Gasteiger partial charge in [-0.2, -0.15) is 0 Å². The molecule has 0 spiro atoms. The normalized spacial score (nSPS) is 27.0. The van der Waals surface area contributed by atoms with Gasteiger partial charge in [0, 0.05) is 18.6 Å². The number of hydrogen-bond acceptors (Lipinski definition) is 3. The monoisotopic (exact) mass is 352 g/mol. The zero-order valence-corrected chi connectivity index (χ0v) is 16.2. The fraction of sp³-hybridized carbons (Fsp3) is 0.700. The average molecular weight is 353 g/mol. The van der Waals surface area contributed by atoms with E-state index >= 15 is 0 Å². The van der Waals surface area contributed by atoms with Crippen LogP contribution in [0.3, 0.4) is 0 Å². The molecule has 24 heavy (non-hydrogen) atoms. The number of nitrogens with one attached hydrogen (secondary N) is 2. The maximum atomic E-state index is 5.67. The molecule has 3 atom stereocenters. The van der Waals surface area contributed by atoms with Gasteiger partial charge in [0.2, 0.25) is 0 Å². The highest BCUT2D eigenvalue weighted by molar-refractivity contribution is 5.85. The molecule has 1 aliphatic heterocycles. The van der Waals surface area contributed by atoms with Crippen molar-refractivity contribution in [3.05, 3.63) is 34.4 Å². The first kappa shape index (κ1) is 19.7. The predicted octanol–water partition coefficient (Wildman–Crippen LogP) is 3.32. The lowest BCUT2D eigenvalue weighted by Gasteiger charge is -2.33. The number of halogens is 1. The Morgan fingerprint density at radius 3 is 2.58 bits per heavy atom. The van der Waals surface area contributed by atoms with Crippen LogP contribution in [0.25, 0.3) is 0 Å². The van der Waals surface area contributed by atoms with E-state index in [1.54, 1.807) is 0 Å². The molecule has 2 fully saturated rings. The molecular formula is C20H33ClN2O. The molecule has 1 aromatic carbocycles. The molecule has 1 aromatic rings. The second kappa shape index (κ2) is 9.19. The summed E-state index contributed by atoms with van der Waals surface area (Å²) in [6.07, 6.45) is 5.13. The molecule has 4 heteroatoms. The summed E-state index contributed by atoms with van der Waals surface area (Å²) in [6.45, 7) is 10.5. The fourth-order valence-electron chi connectivity index (χ4n) is 4.57. The summed E-state index contributed by atoms with van der Waals surface area (Å²) < 4.78 is 5.67. The van der Waals surface area contributed by atoms with Gasteiger partial charge in [-0.3, -0.25) is 0 Å². The van der Waals surface area contributed by atoms with Gasteiger partial charge in [-0.05, 0) is 69.2 Å². The van der Waals surface area contributed by atoms with Crippen molar-refractivity contribution in [3.8, 4) is 0 Å². The van der Waals surface area contributed by atoms with Crippen LogP contribution in [-0.4, -0.2) is 38.4 Å². The van der Waals surface area contributed by atoms with E-state index < -0.39 is 0 Å². The Morgan fingerprint density at radius 2 is 1.92 bits per heavy atom. The molecule has 1 heterocycles. The maximum absolute atomic E-state index is 5.67. The minimum absolute atomic E-state index is 0. The standard InChI is InChI=1S/C20H32N2O.ClH/c1-14-11-15(2)17(16(3)12-14)7-8-21-19-6-4-5-18(19)20-13-23-10-9-22-20;/h11-12,18-22H,4-10,13H2,1-3H3;1H. The largest absolute Gasteiger partial charge is 0.379 e. The molecule has 0 bridgehead atoms. The van der Waals surface area contributed by atoms with E-state index in [1.807, 2.05) is 0 Å². The topological polar surface area (TPSA) is 33.3 Å². The van der Waals surface area contributed by atoms with Crippen molar-refractivity contribution in [1.82, 2.24) is 10.6 Å². The van der Waals surface area contributed by atoms with Gasteiger partial charge in [0.25, 0.3) is 0 Å². The highest BCUT2D eigenvalue weighted by Crippen LogP contribution is 2.29. The average Bonchev–Trinajstić information content (AvgIpc) is 2.99. The number of aryl methyl sites for hydroxylation is 3. The second-order valence-electron chi connectivity index (χ2n) is 7.42. The van der Waals surface area contributed by atoms with Crippen LogP contribution in [0.4, 0.5) is 0 Å². The highest BCUT2D eigenvalue weighted by Gasteiger charge is 2.34. The Bertz CT molecular complexity index is 505. The zero-order valence-electron chi connectivity index (χ0n) is 15.4. The van der Waals surface area contributed by atoms with E-state index in [-0.39, 0.29) is 12.4 Å². The second-order valence-corrected chi connectivity index (χ2v) is 7.42. The van der Waals surface area contributed by atoms with Gasteiger partial charge >= 0.3 is 0 Å². The van der Waals surface area contributed by atoms with Crippen molar-refractivity contribution in [2.45, 2.75) is 58.5 Å². The van der Waals surface area contributed by atoms with Crippen LogP contribution in [0.15, 0.2) is 12.1 Å². The first-order valence-corrected chi connectivity index (χ1v) is 9.26. The molecule has 3 nitrogen and oxygen atoms in total. The van der Waals surface area contributed by atoms with Crippen LogP contribution in [0, 0.1) is 26.7 Å². The lowest BCUT2D eigenvalue weighted by atomic mass is 9.93. The first-order valence-electron chi connectivity index (χ1n) is 9.26. The molecule has 0 radical (unpaired) electrons. The Balaban J connectivity index is 0.00000208. The predicted molar refractivity (Wildman–Crippen MR) is 103 cm³/mol. The van der Waals surface area contributed by atoms with Crippen LogP contribution in [0.2, 0.25) is 0 Å². The van der Waals surface area contributed by atoms with Crippen LogP contribution < -0.4 is 10.6 Å².